The fraction of sp³-hybridized carbons (Fsp3) is 0.727. The molecule has 84 valence electrons. The topological polar surface area (TPSA) is 38.0 Å². The Morgan fingerprint density at radius 1 is 1.60 bits per heavy atom. The summed E-state index contributed by atoms with van der Waals surface area (Å²) in [5, 5.41) is 14.2. The molecule has 1 saturated heterocycles. The van der Waals surface area contributed by atoms with E-state index in [1.807, 2.05) is 22.6 Å². The minimum absolute atomic E-state index is 0.140. The van der Waals surface area contributed by atoms with E-state index in [2.05, 4.69) is 25.0 Å². The fourth-order valence-electron chi connectivity index (χ4n) is 1.82. The lowest BCUT2D eigenvalue weighted by molar-refractivity contribution is 0.149. The summed E-state index contributed by atoms with van der Waals surface area (Å²) in [4.78, 5) is 0. The van der Waals surface area contributed by atoms with Gasteiger partial charge in [0.25, 0.3) is 0 Å². The Bertz CT molecular complexity index is 324. The average Bonchev–Trinajstić information content (AvgIpc) is 2.77. The molecule has 1 fully saturated rings. The van der Waals surface area contributed by atoms with Gasteiger partial charge >= 0.3 is 0 Å². The molecule has 2 rings (SSSR count). The van der Waals surface area contributed by atoms with E-state index in [0.717, 1.165) is 23.6 Å². The van der Waals surface area contributed by atoms with Crippen LogP contribution in [-0.4, -0.2) is 32.5 Å². The normalized spacial score (nSPS) is 26.4. The van der Waals surface area contributed by atoms with E-state index >= 15 is 0 Å². The predicted octanol–water partition coefficient (Wildman–Crippen LogP) is 1.73. The maximum absolute atomic E-state index is 9.71. The zero-order valence-electron chi connectivity index (χ0n) is 9.26. The van der Waals surface area contributed by atoms with Gasteiger partial charge in [0.2, 0.25) is 0 Å². The Balaban J connectivity index is 1.98. The van der Waals surface area contributed by atoms with Crippen molar-refractivity contribution in [1.29, 1.82) is 0 Å². The van der Waals surface area contributed by atoms with Crippen LogP contribution >= 0.6 is 11.8 Å². The number of aliphatic hydroxyl groups is 1. The van der Waals surface area contributed by atoms with Crippen molar-refractivity contribution in [3.05, 3.63) is 18.0 Å². The van der Waals surface area contributed by atoms with E-state index in [1.165, 1.54) is 0 Å². The Morgan fingerprint density at radius 3 is 2.93 bits per heavy atom. The molecule has 0 aromatic carbocycles. The molecule has 1 aliphatic heterocycles. The zero-order chi connectivity index (χ0) is 10.8. The molecule has 15 heavy (non-hydrogen) atoms. The number of rotatable bonds is 3. The van der Waals surface area contributed by atoms with Gasteiger partial charge in [-0.25, -0.2) is 0 Å². The lowest BCUT2D eigenvalue weighted by Crippen LogP contribution is -2.20. The molecule has 2 heterocycles. The monoisotopic (exact) mass is 226 g/mol. The molecule has 1 N–H and O–H groups in total. The van der Waals surface area contributed by atoms with Crippen LogP contribution in [0.25, 0.3) is 0 Å². The third-order valence-electron chi connectivity index (χ3n) is 2.83. The Labute approximate surface area is 94.9 Å². The van der Waals surface area contributed by atoms with Crippen LogP contribution in [0.2, 0.25) is 0 Å². The second-order valence-electron chi connectivity index (χ2n) is 4.45. The number of aromatic nitrogens is 2. The maximum atomic E-state index is 9.71. The van der Waals surface area contributed by atoms with Crippen molar-refractivity contribution in [1.82, 2.24) is 9.78 Å². The Hall–Kier alpha value is -0.480. The van der Waals surface area contributed by atoms with Gasteiger partial charge in [-0.15, -0.1) is 0 Å². The van der Waals surface area contributed by atoms with E-state index in [-0.39, 0.29) is 6.10 Å². The molecule has 3 nitrogen and oxygen atoms in total. The molecule has 0 saturated carbocycles. The molecular weight excluding hydrogens is 208 g/mol. The second-order valence-corrected chi connectivity index (χ2v) is 5.52. The van der Waals surface area contributed by atoms with Crippen molar-refractivity contribution < 1.29 is 5.11 Å². The van der Waals surface area contributed by atoms with Crippen LogP contribution < -0.4 is 0 Å². The van der Waals surface area contributed by atoms with Gasteiger partial charge < -0.3 is 5.11 Å². The highest BCUT2D eigenvalue weighted by Crippen LogP contribution is 2.26. The molecule has 1 aromatic rings. The molecule has 1 aromatic heterocycles. The van der Waals surface area contributed by atoms with Crippen LogP contribution in [0.15, 0.2) is 12.3 Å². The summed E-state index contributed by atoms with van der Waals surface area (Å²) in [6.45, 7) is 4.24. The maximum Gasteiger partial charge on any atom is 0.0670 e. The summed E-state index contributed by atoms with van der Waals surface area (Å²) < 4.78 is 1.98. The van der Waals surface area contributed by atoms with E-state index in [1.54, 1.807) is 0 Å². The van der Waals surface area contributed by atoms with Gasteiger partial charge in [-0.05, 0) is 32.1 Å². The van der Waals surface area contributed by atoms with Crippen molar-refractivity contribution in [2.24, 2.45) is 5.92 Å². The Kier molecular flexibility index (Phi) is 3.36. The van der Waals surface area contributed by atoms with Gasteiger partial charge in [-0.1, -0.05) is 0 Å². The summed E-state index contributed by atoms with van der Waals surface area (Å²) in [7, 11) is 0. The van der Waals surface area contributed by atoms with Gasteiger partial charge in [0.05, 0.1) is 11.8 Å². The first-order chi connectivity index (χ1) is 7.16. The van der Waals surface area contributed by atoms with Crippen LogP contribution in [0.3, 0.4) is 0 Å². The molecule has 0 radical (unpaired) electrons. The van der Waals surface area contributed by atoms with E-state index in [9.17, 15) is 5.11 Å². The first-order valence-corrected chi connectivity index (χ1v) is 6.62. The highest BCUT2D eigenvalue weighted by atomic mass is 32.2. The van der Waals surface area contributed by atoms with Crippen molar-refractivity contribution in [3.8, 4) is 0 Å². The van der Waals surface area contributed by atoms with Gasteiger partial charge in [0, 0.05) is 23.9 Å². The summed E-state index contributed by atoms with van der Waals surface area (Å²) in [6, 6.07) is 2.48. The van der Waals surface area contributed by atoms with Gasteiger partial charge in [0.1, 0.15) is 0 Å². The lowest BCUT2D eigenvalue weighted by Gasteiger charge is -2.11. The van der Waals surface area contributed by atoms with Crippen LogP contribution in [0.5, 0.6) is 0 Å². The van der Waals surface area contributed by atoms with Crippen molar-refractivity contribution in [2.45, 2.75) is 32.4 Å². The first-order valence-electron chi connectivity index (χ1n) is 5.46. The van der Waals surface area contributed by atoms with Crippen LogP contribution in [0, 0.1) is 5.92 Å². The number of hydrogen-bond donors (Lipinski definition) is 1. The van der Waals surface area contributed by atoms with Crippen molar-refractivity contribution >= 4 is 11.8 Å². The van der Waals surface area contributed by atoms with E-state index in [0.29, 0.717) is 12.0 Å². The summed E-state index contributed by atoms with van der Waals surface area (Å²) >= 11 is 1.84. The molecule has 0 aliphatic carbocycles. The quantitative estimate of drug-likeness (QED) is 0.853. The molecule has 2 unspecified atom stereocenters. The number of thioether (sulfide) groups is 1. The minimum atomic E-state index is -0.140. The summed E-state index contributed by atoms with van der Waals surface area (Å²) in [6.07, 6.45) is 2.79. The largest absolute Gasteiger partial charge is 0.392 e. The number of aliphatic hydroxyl groups excluding tert-OH is 1. The lowest BCUT2D eigenvalue weighted by atomic mass is 10.0. The van der Waals surface area contributed by atoms with Gasteiger partial charge in [-0.2, -0.15) is 16.9 Å². The molecular formula is C11H18N2OS. The fourth-order valence-corrected chi connectivity index (χ4v) is 3.12. The molecule has 2 atom stereocenters. The average molecular weight is 226 g/mol. The smallest absolute Gasteiger partial charge is 0.0670 e. The zero-order valence-corrected chi connectivity index (χ0v) is 10.1. The molecule has 1 aliphatic rings. The summed E-state index contributed by atoms with van der Waals surface area (Å²) in [5.74, 6) is 2.34. The first kappa shape index (κ1) is 11.0. The molecule has 0 spiro atoms. The third kappa shape index (κ3) is 2.55. The number of hydrogen-bond acceptors (Lipinski definition) is 3. The molecule has 0 bridgehead atoms. The van der Waals surface area contributed by atoms with Crippen LogP contribution in [-0.2, 0) is 6.42 Å². The standard InChI is InChI=1S/C11H18N2OS/c1-8(2)13-4-3-10(12-13)5-9-6-15-7-11(9)14/h3-4,8-9,11,14H,5-7H2,1-2H3. The van der Waals surface area contributed by atoms with E-state index < -0.39 is 0 Å². The minimum Gasteiger partial charge on any atom is -0.392 e. The van der Waals surface area contributed by atoms with E-state index in [4.69, 9.17) is 0 Å². The SMILES string of the molecule is CC(C)n1ccc(CC2CSCC2O)n1. The third-order valence-corrected chi connectivity index (χ3v) is 4.07. The van der Waals surface area contributed by atoms with Crippen LogP contribution in [0.1, 0.15) is 25.6 Å². The molecule has 4 heteroatoms. The highest BCUT2D eigenvalue weighted by molar-refractivity contribution is 7.99. The second kappa shape index (κ2) is 4.58. The van der Waals surface area contributed by atoms with Crippen molar-refractivity contribution in [3.63, 3.8) is 0 Å². The summed E-state index contributed by atoms with van der Waals surface area (Å²) in [5.41, 5.74) is 1.11. The highest BCUT2D eigenvalue weighted by Gasteiger charge is 2.26. The van der Waals surface area contributed by atoms with Crippen molar-refractivity contribution in [2.75, 3.05) is 11.5 Å². The number of nitrogens with zero attached hydrogens (tertiary/aromatic N) is 2. The molecule has 0 amide bonds. The van der Waals surface area contributed by atoms with Gasteiger partial charge in [-0.3, -0.25) is 4.68 Å². The Morgan fingerprint density at radius 2 is 2.40 bits per heavy atom. The van der Waals surface area contributed by atoms with Crippen LogP contribution in [0.4, 0.5) is 0 Å². The van der Waals surface area contributed by atoms with Gasteiger partial charge in [0.15, 0.2) is 0 Å². The predicted molar refractivity (Wildman–Crippen MR) is 63.1 cm³/mol.